The minimum absolute atomic E-state index is 0.450. The van der Waals surface area contributed by atoms with Gasteiger partial charge in [0.1, 0.15) is 0 Å². The Labute approximate surface area is 68.7 Å². The van der Waals surface area contributed by atoms with Gasteiger partial charge in [0.25, 0.3) is 0 Å². The third-order valence-corrected chi connectivity index (χ3v) is 3.16. The predicted octanol–water partition coefficient (Wildman–Crippen LogP) is 0.818. The van der Waals surface area contributed by atoms with Crippen LogP contribution in [-0.2, 0) is 0 Å². The summed E-state index contributed by atoms with van der Waals surface area (Å²) in [4.78, 5) is 2.56. The lowest BCUT2D eigenvalue weighted by Crippen LogP contribution is -2.30. The highest BCUT2D eigenvalue weighted by Crippen LogP contribution is 2.49. The number of nitrogens with two attached hydrogens (primary N) is 1. The van der Waals surface area contributed by atoms with E-state index >= 15 is 0 Å². The van der Waals surface area contributed by atoms with Crippen LogP contribution >= 0.6 is 0 Å². The molecule has 0 aromatic rings. The monoisotopic (exact) mass is 154 g/mol. The molecule has 0 aromatic carbocycles. The molecule has 1 aliphatic carbocycles. The van der Waals surface area contributed by atoms with Crippen molar-refractivity contribution >= 4 is 0 Å². The van der Waals surface area contributed by atoms with Gasteiger partial charge in [-0.3, -0.25) is 4.90 Å². The second kappa shape index (κ2) is 2.20. The standard InChI is InChI=1S/C9H18N2/c1-9(2)5-8(9)11-4-3-7(10)6-11/h7-8H,3-6,10H2,1-2H3. The summed E-state index contributed by atoms with van der Waals surface area (Å²) in [6.45, 7) is 7.06. The Morgan fingerprint density at radius 2 is 2.09 bits per heavy atom. The molecule has 0 aromatic heterocycles. The molecular weight excluding hydrogens is 136 g/mol. The molecule has 2 rings (SSSR count). The second-order valence-electron chi connectivity index (χ2n) is 4.75. The lowest BCUT2D eigenvalue weighted by atomic mass is 10.2. The normalized spacial score (nSPS) is 42.8. The van der Waals surface area contributed by atoms with Gasteiger partial charge in [0, 0.05) is 25.2 Å². The molecule has 2 heteroatoms. The van der Waals surface area contributed by atoms with Gasteiger partial charge >= 0.3 is 0 Å². The number of rotatable bonds is 1. The highest BCUT2D eigenvalue weighted by molar-refractivity contribution is 5.04. The molecule has 0 bridgehead atoms. The zero-order chi connectivity index (χ0) is 8.06. The Kier molecular flexibility index (Phi) is 1.52. The Morgan fingerprint density at radius 1 is 1.45 bits per heavy atom. The first-order chi connectivity index (χ1) is 5.09. The summed E-state index contributed by atoms with van der Waals surface area (Å²) in [6.07, 6.45) is 2.58. The minimum Gasteiger partial charge on any atom is -0.326 e. The molecule has 2 nitrogen and oxygen atoms in total. The first kappa shape index (κ1) is 7.56. The highest BCUT2D eigenvalue weighted by Gasteiger charge is 2.50. The Morgan fingerprint density at radius 3 is 2.45 bits per heavy atom. The summed E-state index contributed by atoms with van der Waals surface area (Å²) in [6, 6.07) is 1.29. The van der Waals surface area contributed by atoms with Crippen molar-refractivity contribution < 1.29 is 0 Å². The number of hydrogen-bond acceptors (Lipinski definition) is 2. The molecule has 2 aliphatic rings. The maximum Gasteiger partial charge on any atom is 0.0180 e. The Hall–Kier alpha value is -0.0800. The van der Waals surface area contributed by atoms with Gasteiger partial charge in [0.2, 0.25) is 0 Å². The molecule has 1 saturated heterocycles. The third-order valence-electron chi connectivity index (χ3n) is 3.16. The molecule has 2 atom stereocenters. The molecule has 2 unspecified atom stereocenters. The Bertz CT molecular complexity index is 165. The minimum atomic E-state index is 0.450. The van der Waals surface area contributed by atoms with Gasteiger partial charge in [-0.1, -0.05) is 13.8 Å². The van der Waals surface area contributed by atoms with E-state index in [9.17, 15) is 0 Å². The molecule has 0 radical (unpaired) electrons. The van der Waals surface area contributed by atoms with Crippen LogP contribution in [0.15, 0.2) is 0 Å². The van der Waals surface area contributed by atoms with Crippen molar-refractivity contribution in [2.75, 3.05) is 13.1 Å². The molecule has 2 N–H and O–H groups in total. The smallest absolute Gasteiger partial charge is 0.0180 e. The molecule has 64 valence electrons. The maximum atomic E-state index is 5.84. The van der Waals surface area contributed by atoms with Crippen LogP contribution < -0.4 is 5.73 Å². The van der Waals surface area contributed by atoms with Gasteiger partial charge in [-0.15, -0.1) is 0 Å². The van der Waals surface area contributed by atoms with Crippen molar-refractivity contribution in [3.8, 4) is 0 Å². The molecule has 11 heavy (non-hydrogen) atoms. The van der Waals surface area contributed by atoms with E-state index in [1.165, 1.54) is 19.4 Å². The highest BCUT2D eigenvalue weighted by atomic mass is 15.2. The summed E-state index contributed by atoms with van der Waals surface area (Å²) in [7, 11) is 0. The van der Waals surface area contributed by atoms with Crippen LogP contribution in [0.5, 0.6) is 0 Å². The molecular formula is C9H18N2. The van der Waals surface area contributed by atoms with E-state index in [1.54, 1.807) is 0 Å². The quantitative estimate of drug-likeness (QED) is 0.606. The van der Waals surface area contributed by atoms with Crippen molar-refractivity contribution in [3.63, 3.8) is 0 Å². The number of hydrogen-bond donors (Lipinski definition) is 1. The fraction of sp³-hybridized carbons (Fsp3) is 1.00. The van der Waals surface area contributed by atoms with Crippen LogP contribution in [0.25, 0.3) is 0 Å². The van der Waals surface area contributed by atoms with Gasteiger partial charge in [0.15, 0.2) is 0 Å². The molecule has 1 saturated carbocycles. The topological polar surface area (TPSA) is 29.3 Å². The molecule has 1 heterocycles. The van der Waals surface area contributed by atoms with Gasteiger partial charge < -0.3 is 5.73 Å². The first-order valence-electron chi connectivity index (χ1n) is 4.59. The van der Waals surface area contributed by atoms with E-state index in [0.717, 1.165) is 12.6 Å². The van der Waals surface area contributed by atoms with Crippen molar-refractivity contribution in [3.05, 3.63) is 0 Å². The lowest BCUT2D eigenvalue weighted by Gasteiger charge is -2.16. The van der Waals surface area contributed by atoms with Crippen LogP contribution in [0.4, 0.5) is 0 Å². The first-order valence-corrected chi connectivity index (χ1v) is 4.59. The molecule has 1 aliphatic heterocycles. The summed E-state index contributed by atoms with van der Waals surface area (Å²) in [5.41, 5.74) is 6.42. The van der Waals surface area contributed by atoms with E-state index in [2.05, 4.69) is 18.7 Å². The number of nitrogens with zero attached hydrogens (tertiary/aromatic N) is 1. The van der Waals surface area contributed by atoms with Crippen LogP contribution in [0, 0.1) is 5.41 Å². The van der Waals surface area contributed by atoms with Gasteiger partial charge in [-0.05, 0) is 18.3 Å². The fourth-order valence-corrected chi connectivity index (χ4v) is 2.16. The van der Waals surface area contributed by atoms with Crippen molar-refractivity contribution in [1.82, 2.24) is 4.90 Å². The summed E-state index contributed by atoms with van der Waals surface area (Å²) in [5, 5.41) is 0. The lowest BCUT2D eigenvalue weighted by molar-refractivity contribution is 0.286. The fourth-order valence-electron chi connectivity index (χ4n) is 2.16. The molecule has 0 spiro atoms. The van der Waals surface area contributed by atoms with Gasteiger partial charge in [-0.25, -0.2) is 0 Å². The summed E-state index contributed by atoms with van der Waals surface area (Å²) >= 11 is 0. The van der Waals surface area contributed by atoms with Gasteiger partial charge in [0.05, 0.1) is 0 Å². The van der Waals surface area contributed by atoms with Crippen LogP contribution in [0.1, 0.15) is 26.7 Å². The van der Waals surface area contributed by atoms with Crippen molar-refractivity contribution in [1.29, 1.82) is 0 Å². The van der Waals surface area contributed by atoms with Gasteiger partial charge in [-0.2, -0.15) is 0 Å². The summed E-state index contributed by atoms with van der Waals surface area (Å²) in [5.74, 6) is 0. The van der Waals surface area contributed by atoms with Crippen LogP contribution in [0.3, 0.4) is 0 Å². The SMILES string of the molecule is CC1(C)CC1N1CCC(N)C1. The van der Waals surface area contributed by atoms with E-state index in [-0.39, 0.29) is 0 Å². The predicted molar refractivity (Wildman–Crippen MR) is 46.4 cm³/mol. The third kappa shape index (κ3) is 1.30. The van der Waals surface area contributed by atoms with E-state index in [1.807, 2.05) is 0 Å². The summed E-state index contributed by atoms with van der Waals surface area (Å²) < 4.78 is 0. The average Bonchev–Trinajstić information content (AvgIpc) is 2.39. The molecule has 2 fully saturated rings. The zero-order valence-corrected chi connectivity index (χ0v) is 7.51. The average molecular weight is 154 g/mol. The van der Waals surface area contributed by atoms with Crippen molar-refractivity contribution in [2.45, 2.75) is 38.8 Å². The largest absolute Gasteiger partial charge is 0.326 e. The van der Waals surface area contributed by atoms with Crippen molar-refractivity contribution in [2.24, 2.45) is 11.1 Å². The van der Waals surface area contributed by atoms with Crippen LogP contribution in [0.2, 0.25) is 0 Å². The second-order valence-corrected chi connectivity index (χ2v) is 4.75. The van der Waals surface area contributed by atoms with E-state index in [0.29, 0.717) is 11.5 Å². The number of likely N-dealkylation sites (tertiary alicyclic amines) is 1. The van der Waals surface area contributed by atoms with E-state index in [4.69, 9.17) is 5.73 Å². The van der Waals surface area contributed by atoms with Crippen LogP contribution in [-0.4, -0.2) is 30.1 Å². The zero-order valence-electron chi connectivity index (χ0n) is 7.51. The molecule has 0 amide bonds. The van der Waals surface area contributed by atoms with E-state index < -0.39 is 0 Å². The Balaban J connectivity index is 1.90. The maximum absolute atomic E-state index is 5.84.